The summed E-state index contributed by atoms with van der Waals surface area (Å²) >= 11 is 0. The molecule has 1 aromatic heterocycles. The monoisotopic (exact) mass is 408 g/mol. The van der Waals surface area contributed by atoms with Gasteiger partial charge in [0.2, 0.25) is 0 Å². The Morgan fingerprint density at radius 2 is 1.27 bits per heavy atom. The van der Waals surface area contributed by atoms with Crippen LogP contribution in [-0.4, -0.2) is 6.61 Å². The molecule has 0 bridgehead atoms. The lowest BCUT2D eigenvalue weighted by Crippen LogP contribution is -1.98. The Kier molecular flexibility index (Phi) is 8.66. The largest absolute Gasteiger partial charge is 0.493 e. The van der Waals surface area contributed by atoms with Gasteiger partial charge in [-0.2, -0.15) is 0 Å². The number of ether oxygens (including phenoxy) is 1. The van der Waals surface area contributed by atoms with Gasteiger partial charge in [0.25, 0.3) is 0 Å². The molecule has 0 amide bonds. The molecule has 2 nitrogen and oxygen atoms in total. The average Bonchev–Trinajstić information content (AvgIpc) is 3.14. The SMILES string of the molecule is CCCCCCCOc1ccc2c(oc3c(C)c(CCCCCCC)ccc32)c1C. The summed E-state index contributed by atoms with van der Waals surface area (Å²) in [6.45, 7) is 9.65. The van der Waals surface area contributed by atoms with Gasteiger partial charge in [0.15, 0.2) is 0 Å². The molecule has 0 unspecified atom stereocenters. The Morgan fingerprint density at radius 3 is 1.97 bits per heavy atom. The fourth-order valence-electron chi connectivity index (χ4n) is 4.43. The van der Waals surface area contributed by atoms with Crippen molar-refractivity contribution in [3.8, 4) is 5.75 Å². The minimum atomic E-state index is 0.789. The first kappa shape index (κ1) is 22.7. The zero-order valence-electron chi connectivity index (χ0n) is 19.6. The molecule has 0 saturated heterocycles. The highest BCUT2D eigenvalue weighted by molar-refractivity contribution is 6.07. The fraction of sp³-hybridized carbons (Fsp3) is 0.571. The molecule has 2 heteroatoms. The van der Waals surface area contributed by atoms with Gasteiger partial charge in [0.1, 0.15) is 16.9 Å². The van der Waals surface area contributed by atoms with Crippen molar-refractivity contribution in [3.05, 3.63) is 41.0 Å². The molecule has 2 aromatic carbocycles. The van der Waals surface area contributed by atoms with Crippen LogP contribution in [0.1, 0.15) is 94.7 Å². The normalized spacial score (nSPS) is 11.6. The first-order valence-electron chi connectivity index (χ1n) is 12.2. The predicted octanol–water partition coefficient (Wildman–Crippen LogP) is 9.06. The molecule has 0 aliphatic carbocycles. The smallest absolute Gasteiger partial charge is 0.142 e. The molecule has 0 aliphatic rings. The second kappa shape index (κ2) is 11.4. The van der Waals surface area contributed by atoms with Gasteiger partial charge >= 0.3 is 0 Å². The van der Waals surface area contributed by atoms with Crippen LogP contribution in [0.25, 0.3) is 21.9 Å². The van der Waals surface area contributed by atoms with E-state index in [4.69, 9.17) is 9.15 Å². The van der Waals surface area contributed by atoms with E-state index in [-0.39, 0.29) is 0 Å². The Hall–Kier alpha value is -1.96. The van der Waals surface area contributed by atoms with E-state index < -0.39 is 0 Å². The predicted molar refractivity (Wildman–Crippen MR) is 130 cm³/mol. The van der Waals surface area contributed by atoms with Crippen LogP contribution in [0, 0.1) is 13.8 Å². The number of furan rings is 1. The van der Waals surface area contributed by atoms with Crippen LogP contribution in [0.5, 0.6) is 5.75 Å². The van der Waals surface area contributed by atoms with Crippen molar-refractivity contribution in [3.63, 3.8) is 0 Å². The van der Waals surface area contributed by atoms with Gasteiger partial charge in [-0.25, -0.2) is 0 Å². The molecule has 0 saturated carbocycles. The van der Waals surface area contributed by atoms with Gasteiger partial charge < -0.3 is 9.15 Å². The van der Waals surface area contributed by atoms with Crippen LogP contribution in [0.3, 0.4) is 0 Å². The third kappa shape index (κ3) is 5.39. The Bertz CT molecular complexity index is 935. The molecule has 1 heterocycles. The molecule has 0 aliphatic heterocycles. The molecule has 0 radical (unpaired) electrons. The van der Waals surface area contributed by atoms with Gasteiger partial charge in [-0.15, -0.1) is 0 Å². The van der Waals surface area contributed by atoms with E-state index in [2.05, 4.69) is 52.0 Å². The van der Waals surface area contributed by atoms with E-state index in [1.54, 1.807) is 0 Å². The lowest BCUT2D eigenvalue weighted by atomic mass is 9.98. The van der Waals surface area contributed by atoms with E-state index >= 15 is 0 Å². The second-order valence-corrected chi connectivity index (χ2v) is 8.82. The molecular weight excluding hydrogens is 368 g/mol. The Balaban J connectivity index is 1.73. The molecular formula is C28H40O2. The zero-order valence-corrected chi connectivity index (χ0v) is 19.6. The summed E-state index contributed by atoms with van der Waals surface area (Å²) in [6, 6.07) is 8.85. The summed E-state index contributed by atoms with van der Waals surface area (Å²) < 4.78 is 12.5. The van der Waals surface area contributed by atoms with Crippen molar-refractivity contribution in [1.82, 2.24) is 0 Å². The van der Waals surface area contributed by atoms with Crippen LogP contribution in [-0.2, 0) is 6.42 Å². The molecule has 0 atom stereocenters. The van der Waals surface area contributed by atoms with Crippen molar-refractivity contribution < 1.29 is 9.15 Å². The van der Waals surface area contributed by atoms with Crippen LogP contribution in [0.2, 0.25) is 0 Å². The highest BCUT2D eigenvalue weighted by Gasteiger charge is 2.15. The van der Waals surface area contributed by atoms with Crippen molar-refractivity contribution in [2.45, 2.75) is 98.3 Å². The van der Waals surface area contributed by atoms with E-state index in [1.165, 1.54) is 79.7 Å². The zero-order chi connectivity index (χ0) is 21.3. The summed E-state index contributed by atoms with van der Waals surface area (Å²) in [5.74, 6) is 0.964. The maximum Gasteiger partial charge on any atom is 0.142 e. The number of fused-ring (bicyclic) bond motifs is 3. The highest BCUT2D eigenvalue weighted by Crippen LogP contribution is 2.37. The number of hydrogen-bond acceptors (Lipinski definition) is 2. The highest BCUT2D eigenvalue weighted by atomic mass is 16.5. The first-order chi connectivity index (χ1) is 14.7. The lowest BCUT2D eigenvalue weighted by Gasteiger charge is -2.09. The van der Waals surface area contributed by atoms with Crippen LogP contribution >= 0.6 is 0 Å². The quantitative estimate of drug-likeness (QED) is 0.263. The third-order valence-electron chi connectivity index (χ3n) is 6.42. The number of unbranched alkanes of at least 4 members (excludes halogenated alkanes) is 8. The maximum absolute atomic E-state index is 6.42. The number of benzene rings is 2. The number of hydrogen-bond donors (Lipinski definition) is 0. The van der Waals surface area contributed by atoms with Gasteiger partial charge in [-0.05, 0) is 56.4 Å². The van der Waals surface area contributed by atoms with E-state index in [1.807, 2.05) is 0 Å². The third-order valence-corrected chi connectivity index (χ3v) is 6.42. The molecule has 0 N–H and O–H groups in total. The van der Waals surface area contributed by atoms with Crippen LogP contribution < -0.4 is 4.74 Å². The molecule has 0 fully saturated rings. The summed E-state index contributed by atoms with van der Waals surface area (Å²) in [6.07, 6.45) is 14.0. The molecule has 0 spiro atoms. The summed E-state index contributed by atoms with van der Waals surface area (Å²) in [5, 5.41) is 2.43. The molecule has 3 aromatic rings. The van der Waals surface area contributed by atoms with Crippen molar-refractivity contribution in [2.75, 3.05) is 6.61 Å². The second-order valence-electron chi connectivity index (χ2n) is 8.82. The van der Waals surface area contributed by atoms with Crippen LogP contribution in [0.15, 0.2) is 28.7 Å². The Labute approximate surface area is 183 Å². The van der Waals surface area contributed by atoms with Gasteiger partial charge in [0, 0.05) is 16.3 Å². The molecule has 3 rings (SSSR count). The molecule has 164 valence electrons. The van der Waals surface area contributed by atoms with Crippen molar-refractivity contribution in [2.24, 2.45) is 0 Å². The van der Waals surface area contributed by atoms with E-state index in [0.29, 0.717) is 0 Å². The maximum atomic E-state index is 6.42. The van der Waals surface area contributed by atoms with Crippen molar-refractivity contribution >= 4 is 21.9 Å². The van der Waals surface area contributed by atoms with E-state index in [0.717, 1.165) is 41.9 Å². The summed E-state index contributed by atoms with van der Waals surface area (Å²) in [4.78, 5) is 0. The fourth-order valence-corrected chi connectivity index (χ4v) is 4.43. The summed E-state index contributed by atoms with van der Waals surface area (Å²) in [7, 11) is 0. The lowest BCUT2D eigenvalue weighted by molar-refractivity contribution is 0.302. The minimum Gasteiger partial charge on any atom is -0.493 e. The average molecular weight is 409 g/mol. The summed E-state index contributed by atoms with van der Waals surface area (Å²) in [5.41, 5.74) is 5.89. The molecule has 30 heavy (non-hydrogen) atoms. The number of aryl methyl sites for hydroxylation is 3. The topological polar surface area (TPSA) is 22.4 Å². The van der Waals surface area contributed by atoms with E-state index in [9.17, 15) is 0 Å². The van der Waals surface area contributed by atoms with Gasteiger partial charge in [-0.1, -0.05) is 77.3 Å². The first-order valence-corrected chi connectivity index (χ1v) is 12.2. The standard InChI is InChI=1S/C28H40O2/c1-5-7-9-11-13-15-23-16-17-24-25-18-19-26(29-20-14-12-10-8-6-2)22(4)28(25)30-27(24)21(23)3/h16-19H,5-15,20H2,1-4H3. The van der Waals surface area contributed by atoms with Gasteiger partial charge in [-0.3, -0.25) is 0 Å². The van der Waals surface area contributed by atoms with Crippen molar-refractivity contribution in [1.29, 1.82) is 0 Å². The minimum absolute atomic E-state index is 0.789. The van der Waals surface area contributed by atoms with Crippen LogP contribution in [0.4, 0.5) is 0 Å². The Morgan fingerprint density at radius 1 is 0.667 bits per heavy atom. The van der Waals surface area contributed by atoms with Gasteiger partial charge in [0.05, 0.1) is 6.61 Å². The number of rotatable bonds is 13.